The topological polar surface area (TPSA) is 62.7 Å². The van der Waals surface area contributed by atoms with Crippen LogP contribution in [0.4, 0.5) is 5.69 Å². The molecule has 1 heterocycles. The number of benzene rings is 1. The predicted molar refractivity (Wildman–Crippen MR) is 71.8 cm³/mol. The van der Waals surface area contributed by atoms with Crippen LogP contribution in [0, 0.1) is 11.3 Å². The quantitative estimate of drug-likeness (QED) is 0.831. The maximum atomic E-state index is 9.04. The molecule has 0 radical (unpaired) electrons. The predicted octanol–water partition coefficient (Wildman–Crippen LogP) is 2.71. The molecule has 0 saturated carbocycles. The Hall–Kier alpha value is -2.34. The molecular weight excluding hydrogens is 222 g/mol. The average Bonchev–Trinajstić information content (AvgIpc) is 2.41. The Balaban J connectivity index is 2.01. The first-order chi connectivity index (χ1) is 8.81. The first-order valence-corrected chi connectivity index (χ1v) is 5.97. The van der Waals surface area contributed by atoms with E-state index < -0.39 is 0 Å². The van der Waals surface area contributed by atoms with Crippen molar-refractivity contribution < 1.29 is 0 Å². The Labute approximate surface area is 107 Å². The summed E-state index contributed by atoms with van der Waals surface area (Å²) in [6, 6.07) is 11.7. The summed E-state index contributed by atoms with van der Waals surface area (Å²) in [5, 5.41) is 9.04. The van der Waals surface area contributed by atoms with Gasteiger partial charge in [-0.2, -0.15) is 5.26 Å². The normalized spacial score (nSPS) is 9.94. The Bertz CT molecular complexity index is 556. The summed E-state index contributed by atoms with van der Waals surface area (Å²) in [4.78, 5) is 4.08. The van der Waals surface area contributed by atoms with E-state index in [-0.39, 0.29) is 0 Å². The van der Waals surface area contributed by atoms with Crippen molar-refractivity contribution in [2.24, 2.45) is 0 Å². The Morgan fingerprint density at radius 3 is 2.78 bits per heavy atom. The molecule has 0 saturated heterocycles. The van der Waals surface area contributed by atoms with Gasteiger partial charge in [0, 0.05) is 18.1 Å². The van der Waals surface area contributed by atoms with E-state index in [1.807, 2.05) is 30.5 Å². The van der Waals surface area contributed by atoms with Crippen molar-refractivity contribution in [2.75, 3.05) is 5.73 Å². The van der Waals surface area contributed by atoms with Gasteiger partial charge in [-0.25, -0.2) is 0 Å². The molecule has 0 spiro atoms. The van der Waals surface area contributed by atoms with Crippen molar-refractivity contribution in [1.82, 2.24) is 4.98 Å². The average molecular weight is 237 g/mol. The zero-order valence-corrected chi connectivity index (χ0v) is 10.1. The molecule has 0 aliphatic carbocycles. The first kappa shape index (κ1) is 12.1. The minimum atomic E-state index is 0.682. The van der Waals surface area contributed by atoms with E-state index in [4.69, 9.17) is 11.0 Å². The third-order valence-electron chi connectivity index (χ3n) is 2.95. The van der Waals surface area contributed by atoms with E-state index >= 15 is 0 Å². The summed E-state index contributed by atoms with van der Waals surface area (Å²) < 4.78 is 0. The lowest BCUT2D eigenvalue weighted by molar-refractivity contribution is 0.817. The lowest BCUT2D eigenvalue weighted by atomic mass is 9.99. The molecule has 1 aromatic heterocycles. The van der Waals surface area contributed by atoms with Crippen LogP contribution in [0.3, 0.4) is 0 Å². The minimum absolute atomic E-state index is 0.682. The minimum Gasteiger partial charge on any atom is -0.398 e. The second-order valence-corrected chi connectivity index (χ2v) is 4.20. The molecule has 0 aliphatic rings. The highest BCUT2D eigenvalue weighted by Gasteiger charge is 2.05. The van der Waals surface area contributed by atoms with Crippen LogP contribution in [0.15, 0.2) is 42.7 Å². The number of aryl methyl sites for hydroxylation is 1. The van der Waals surface area contributed by atoms with Crippen LogP contribution in [0.2, 0.25) is 0 Å². The van der Waals surface area contributed by atoms with Crippen molar-refractivity contribution in [2.45, 2.75) is 19.3 Å². The molecule has 1 aromatic carbocycles. The van der Waals surface area contributed by atoms with Gasteiger partial charge in [0.1, 0.15) is 0 Å². The third kappa shape index (κ3) is 2.86. The van der Waals surface area contributed by atoms with Crippen LogP contribution in [0.5, 0.6) is 0 Å². The van der Waals surface area contributed by atoms with Gasteiger partial charge in [-0.15, -0.1) is 0 Å². The van der Waals surface area contributed by atoms with Gasteiger partial charge >= 0.3 is 0 Å². The zero-order chi connectivity index (χ0) is 12.8. The molecule has 0 unspecified atom stereocenters. The highest BCUT2D eigenvalue weighted by atomic mass is 14.6. The van der Waals surface area contributed by atoms with Gasteiger partial charge in [0.05, 0.1) is 11.6 Å². The summed E-state index contributed by atoms with van der Waals surface area (Å²) in [6.07, 6.45) is 6.39. The van der Waals surface area contributed by atoms with Crippen LogP contribution in [-0.2, 0) is 12.8 Å². The molecule has 0 bridgehead atoms. The van der Waals surface area contributed by atoms with Crippen molar-refractivity contribution >= 4 is 5.69 Å². The van der Waals surface area contributed by atoms with Gasteiger partial charge in [0.2, 0.25) is 0 Å². The summed E-state index contributed by atoms with van der Waals surface area (Å²) in [5.74, 6) is 0. The van der Waals surface area contributed by atoms with Crippen LogP contribution in [0.25, 0.3) is 0 Å². The second kappa shape index (κ2) is 5.83. The van der Waals surface area contributed by atoms with Gasteiger partial charge in [0.25, 0.3) is 0 Å². The molecule has 0 atom stereocenters. The lowest BCUT2D eigenvalue weighted by Crippen LogP contribution is -1.99. The van der Waals surface area contributed by atoms with E-state index in [9.17, 15) is 0 Å². The fourth-order valence-electron chi connectivity index (χ4n) is 2.00. The molecule has 3 nitrogen and oxygen atoms in total. The highest BCUT2D eigenvalue weighted by Crippen LogP contribution is 2.19. The Kier molecular flexibility index (Phi) is 3.93. The third-order valence-corrected chi connectivity index (χ3v) is 2.95. The smallest absolute Gasteiger partial charge is 0.0995 e. The number of rotatable bonds is 4. The van der Waals surface area contributed by atoms with Crippen LogP contribution >= 0.6 is 0 Å². The number of hydrogen-bond donors (Lipinski definition) is 1. The molecule has 0 aliphatic heterocycles. The van der Waals surface area contributed by atoms with Gasteiger partial charge in [0.15, 0.2) is 0 Å². The standard InChI is InChI=1S/C15H15N3/c16-10-13-6-2-8-15(17)14(13)7-1-4-12-5-3-9-18-11-12/h2-3,5-6,8-9,11H,1,4,7,17H2. The monoisotopic (exact) mass is 237 g/mol. The molecule has 18 heavy (non-hydrogen) atoms. The fraction of sp³-hybridized carbons (Fsp3) is 0.200. The molecular formula is C15H15N3. The van der Waals surface area contributed by atoms with Crippen molar-refractivity contribution in [1.29, 1.82) is 5.26 Å². The van der Waals surface area contributed by atoms with E-state index in [0.717, 1.165) is 24.8 Å². The number of hydrogen-bond acceptors (Lipinski definition) is 3. The number of anilines is 1. The summed E-state index contributed by atoms with van der Waals surface area (Å²) in [6.45, 7) is 0. The van der Waals surface area contributed by atoms with Gasteiger partial charge in [-0.1, -0.05) is 12.1 Å². The number of nitrogen functional groups attached to an aromatic ring is 1. The zero-order valence-electron chi connectivity index (χ0n) is 10.1. The SMILES string of the molecule is N#Cc1cccc(N)c1CCCc1cccnc1. The summed E-state index contributed by atoms with van der Waals surface area (Å²) in [5.41, 5.74) is 9.48. The molecule has 2 N–H and O–H groups in total. The molecule has 90 valence electrons. The van der Waals surface area contributed by atoms with Crippen molar-refractivity contribution in [3.63, 3.8) is 0 Å². The van der Waals surface area contributed by atoms with E-state index in [0.29, 0.717) is 11.3 Å². The first-order valence-electron chi connectivity index (χ1n) is 5.97. The summed E-state index contributed by atoms with van der Waals surface area (Å²) in [7, 11) is 0. The molecule has 3 heteroatoms. The molecule has 0 fully saturated rings. The van der Waals surface area contributed by atoms with E-state index in [1.165, 1.54) is 5.56 Å². The van der Waals surface area contributed by atoms with E-state index in [2.05, 4.69) is 17.1 Å². The number of aromatic nitrogens is 1. The maximum Gasteiger partial charge on any atom is 0.0995 e. The van der Waals surface area contributed by atoms with Gasteiger partial charge in [-0.3, -0.25) is 4.98 Å². The lowest BCUT2D eigenvalue weighted by Gasteiger charge is -2.07. The molecule has 0 amide bonds. The number of nitriles is 1. The fourth-order valence-corrected chi connectivity index (χ4v) is 2.00. The van der Waals surface area contributed by atoms with E-state index in [1.54, 1.807) is 6.20 Å². The Morgan fingerprint density at radius 2 is 2.06 bits per heavy atom. The number of pyridine rings is 1. The highest BCUT2D eigenvalue weighted by molar-refractivity contribution is 5.55. The number of nitrogens with zero attached hydrogens (tertiary/aromatic N) is 2. The summed E-state index contributed by atoms with van der Waals surface area (Å²) >= 11 is 0. The largest absolute Gasteiger partial charge is 0.398 e. The maximum absolute atomic E-state index is 9.04. The van der Waals surface area contributed by atoms with Crippen LogP contribution in [-0.4, -0.2) is 4.98 Å². The second-order valence-electron chi connectivity index (χ2n) is 4.20. The van der Waals surface area contributed by atoms with Crippen molar-refractivity contribution in [3.05, 3.63) is 59.4 Å². The Morgan fingerprint density at radius 1 is 1.17 bits per heavy atom. The van der Waals surface area contributed by atoms with Crippen LogP contribution in [0.1, 0.15) is 23.1 Å². The van der Waals surface area contributed by atoms with Crippen LogP contribution < -0.4 is 5.73 Å². The molecule has 2 aromatic rings. The van der Waals surface area contributed by atoms with Gasteiger partial charge in [-0.05, 0) is 48.6 Å². The number of nitrogens with two attached hydrogens (primary N) is 1. The molecule has 2 rings (SSSR count). The van der Waals surface area contributed by atoms with Gasteiger partial charge < -0.3 is 5.73 Å². The van der Waals surface area contributed by atoms with Crippen molar-refractivity contribution in [3.8, 4) is 6.07 Å².